The quantitative estimate of drug-likeness (QED) is 0.350. The molecule has 0 fully saturated rings. The summed E-state index contributed by atoms with van der Waals surface area (Å²) in [6, 6.07) is 16.1. The Balaban J connectivity index is 0.000000415. The number of rotatable bonds is 8. The minimum atomic E-state index is -0.399. The molecule has 0 saturated carbocycles. The molecule has 0 saturated heterocycles. The highest BCUT2D eigenvalue weighted by atomic mass is 16.5. The zero-order valence-corrected chi connectivity index (χ0v) is 26.6. The van der Waals surface area contributed by atoms with E-state index >= 15 is 0 Å². The molecule has 7 heteroatoms. The zero-order chi connectivity index (χ0) is 31.1. The molecular formula is C34H51N3O4. The van der Waals surface area contributed by atoms with E-state index in [0.29, 0.717) is 6.61 Å². The maximum atomic E-state index is 12.6. The molecule has 0 radical (unpaired) electrons. The van der Waals surface area contributed by atoms with E-state index in [-0.39, 0.29) is 53.0 Å². The second-order valence-corrected chi connectivity index (χ2v) is 13.7. The predicted octanol–water partition coefficient (Wildman–Crippen LogP) is 5.80. The number of carbonyl (C=O) groups is 3. The molecule has 226 valence electrons. The lowest BCUT2D eigenvalue weighted by Crippen LogP contribution is -2.50. The van der Waals surface area contributed by atoms with Crippen molar-refractivity contribution in [3.8, 4) is 11.1 Å². The number of hydrogen-bond donors (Lipinski definition) is 3. The number of nitrogens with one attached hydrogen (secondary N) is 2. The summed E-state index contributed by atoms with van der Waals surface area (Å²) in [7, 11) is 0. The lowest BCUT2D eigenvalue weighted by atomic mass is 9.90. The number of fused-ring (bicyclic) bond motifs is 3. The van der Waals surface area contributed by atoms with Gasteiger partial charge in [0, 0.05) is 17.0 Å². The van der Waals surface area contributed by atoms with Crippen LogP contribution in [-0.2, 0) is 19.1 Å². The van der Waals surface area contributed by atoms with Gasteiger partial charge in [-0.15, -0.1) is 0 Å². The predicted molar refractivity (Wildman–Crippen MR) is 166 cm³/mol. The first kappa shape index (κ1) is 34.0. The third kappa shape index (κ3) is 10.3. The highest BCUT2D eigenvalue weighted by molar-refractivity contribution is 5.85. The van der Waals surface area contributed by atoms with E-state index in [1.54, 1.807) is 0 Å². The Morgan fingerprint density at radius 2 is 1.20 bits per heavy atom. The van der Waals surface area contributed by atoms with Crippen LogP contribution in [0, 0.1) is 17.8 Å². The van der Waals surface area contributed by atoms with Crippen molar-refractivity contribution < 1.29 is 19.1 Å². The zero-order valence-electron chi connectivity index (χ0n) is 26.6. The van der Waals surface area contributed by atoms with Gasteiger partial charge in [-0.05, 0) is 75.6 Å². The summed E-state index contributed by atoms with van der Waals surface area (Å²) in [6.07, 6.45) is 0.0929. The van der Waals surface area contributed by atoms with Crippen LogP contribution in [0.3, 0.4) is 0 Å². The van der Waals surface area contributed by atoms with Gasteiger partial charge in [-0.3, -0.25) is 14.4 Å². The number of amides is 2. The fourth-order valence-corrected chi connectivity index (χ4v) is 4.70. The molecule has 4 N–H and O–H groups in total. The maximum absolute atomic E-state index is 12.6. The van der Waals surface area contributed by atoms with Crippen LogP contribution in [0.15, 0.2) is 48.5 Å². The van der Waals surface area contributed by atoms with Crippen LogP contribution in [0.2, 0.25) is 0 Å². The van der Waals surface area contributed by atoms with E-state index in [9.17, 15) is 14.4 Å². The summed E-state index contributed by atoms with van der Waals surface area (Å²) in [5.74, 6) is -0.615. The van der Waals surface area contributed by atoms with E-state index < -0.39 is 12.0 Å². The van der Waals surface area contributed by atoms with Gasteiger partial charge in [-0.1, -0.05) is 76.2 Å². The normalized spacial score (nSPS) is 14.4. The van der Waals surface area contributed by atoms with E-state index in [0.717, 1.165) is 0 Å². The number of hydrogen-bond acceptors (Lipinski definition) is 5. The van der Waals surface area contributed by atoms with Crippen LogP contribution in [0.25, 0.3) is 11.1 Å². The second kappa shape index (κ2) is 14.1. The van der Waals surface area contributed by atoms with E-state index in [2.05, 4.69) is 34.9 Å². The molecule has 1 aliphatic rings. The highest BCUT2D eigenvalue weighted by Crippen LogP contribution is 2.44. The minimum Gasteiger partial charge on any atom is -0.465 e. The van der Waals surface area contributed by atoms with Crippen LogP contribution in [0.5, 0.6) is 0 Å². The second-order valence-electron chi connectivity index (χ2n) is 13.7. The average Bonchev–Trinajstić information content (AvgIpc) is 3.17. The van der Waals surface area contributed by atoms with Crippen LogP contribution in [0.1, 0.15) is 92.7 Å². The van der Waals surface area contributed by atoms with E-state index in [1.165, 1.54) is 22.3 Å². The molecule has 0 unspecified atom stereocenters. The number of esters is 1. The van der Waals surface area contributed by atoms with Gasteiger partial charge >= 0.3 is 5.97 Å². The maximum Gasteiger partial charge on any atom is 0.306 e. The van der Waals surface area contributed by atoms with Gasteiger partial charge < -0.3 is 21.1 Å². The van der Waals surface area contributed by atoms with Crippen molar-refractivity contribution >= 4 is 17.8 Å². The Morgan fingerprint density at radius 1 is 0.756 bits per heavy atom. The molecule has 2 aromatic carbocycles. The van der Waals surface area contributed by atoms with Crippen LogP contribution >= 0.6 is 0 Å². The fraction of sp³-hybridized carbons (Fsp3) is 0.559. The monoisotopic (exact) mass is 565 g/mol. The van der Waals surface area contributed by atoms with Crippen LogP contribution in [0.4, 0.5) is 0 Å². The van der Waals surface area contributed by atoms with E-state index in [4.69, 9.17) is 10.5 Å². The number of ether oxygens (including phenoxy) is 1. The van der Waals surface area contributed by atoms with Crippen molar-refractivity contribution in [3.05, 3.63) is 59.7 Å². The third-order valence-corrected chi connectivity index (χ3v) is 6.92. The van der Waals surface area contributed by atoms with Crippen molar-refractivity contribution in [3.63, 3.8) is 0 Å². The summed E-state index contributed by atoms with van der Waals surface area (Å²) in [5, 5.41) is 5.82. The molecule has 0 aromatic heterocycles. The largest absolute Gasteiger partial charge is 0.465 e. The molecule has 0 bridgehead atoms. The molecule has 2 aromatic rings. The molecule has 3 rings (SSSR count). The third-order valence-electron chi connectivity index (χ3n) is 6.92. The minimum absolute atomic E-state index is 0.0345. The highest BCUT2D eigenvalue weighted by Gasteiger charge is 2.31. The van der Waals surface area contributed by atoms with Crippen molar-refractivity contribution in [2.24, 2.45) is 23.5 Å². The average molecular weight is 566 g/mol. The van der Waals surface area contributed by atoms with Crippen molar-refractivity contribution in [2.75, 3.05) is 6.61 Å². The molecule has 2 amide bonds. The lowest BCUT2D eigenvalue weighted by Gasteiger charge is -2.26. The van der Waals surface area contributed by atoms with Gasteiger partial charge in [0.25, 0.3) is 0 Å². The van der Waals surface area contributed by atoms with Gasteiger partial charge in [0.05, 0.1) is 18.4 Å². The van der Waals surface area contributed by atoms with Gasteiger partial charge in [-0.25, -0.2) is 0 Å². The molecule has 0 spiro atoms. The Labute approximate surface area is 247 Å². The molecule has 1 aliphatic carbocycles. The SMILES string of the molecule is CC(C)[C@H](CC(=O)OCC1c2ccccc2-c2ccccc21)C(=O)NC(C)(C)C.CC(C)[C@H](N)C(=O)NC(C)(C)C. The summed E-state index contributed by atoms with van der Waals surface area (Å²) in [5.41, 5.74) is 9.92. The molecule has 0 aliphatic heterocycles. The van der Waals surface area contributed by atoms with Crippen molar-refractivity contribution in [2.45, 2.75) is 98.7 Å². The number of nitrogens with two attached hydrogens (primary N) is 1. The number of carbonyl (C=O) groups excluding carboxylic acids is 3. The Kier molecular flexibility index (Phi) is 11.7. The van der Waals surface area contributed by atoms with Crippen molar-refractivity contribution in [1.82, 2.24) is 10.6 Å². The summed E-state index contributed by atoms with van der Waals surface area (Å²) in [6.45, 7) is 19.7. The molecule has 2 atom stereocenters. The van der Waals surface area contributed by atoms with Gasteiger partial charge in [0.15, 0.2) is 0 Å². The summed E-state index contributed by atoms with van der Waals surface area (Å²) >= 11 is 0. The fourth-order valence-electron chi connectivity index (χ4n) is 4.70. The molecule has 41 heavy (non-hydrogen) atoms. The Morgan fingerprint density at radius 3 is 1.61 bits per heavy atom. The van der Waals surface area contributed by atoms with Crippen LogP contribution < -0.4 is 16.4 Å². The summed E-state index contributed by atoms with van der Waals surface area (Å²) < 4.78 is 5.68. The van der Waals surface area contributed by atoms with Crippen LogP contribution in [-0.4, -0.2) is 41.5 Å². The van der Waals surface area contributed by atoms with Gasteiger partial charge in [0.1, 0.15) is 6.61 Å². The van der Waals surface area contributed by atoms with E-state index in [1.807, 2.05) is 93.5 Å². The first-order valence-electron chi connectivity index (χ1n) is 14.6. The molecule has 0 heterocycles. The first-order valence-corrected chi connectivity index (χ1v) is 14.6. The lowest BCUT2D eigenvalue weighted by molar-refractivity contribution is -0.148. The van der Waals surface area contributed by atoms with Gasteiger partial charge in [0.2, 0.25) is 11.8 Å². The number of benzene rings is 2. The Hall–Kier alpha value is -3.19. The molecule has 7 nitrogen and oxygen atoms in total. The topological polar surface area (TPSA) is 111 Å². The summed E-state index contributed by atoms with van der Waals surface area (Å²) in [4.78, 5) is 36.6. The first-order chi connectivity index (χ1) is 18.9. The standard InChI is InChI=1S/C25H31NO3.C9H20N2O/c1-16(2)21(24(28)26-25(3,4)5)14-23(27)29-15-22-19-12-8-6-10-17(19)18-11-7-9-13-20(18)22;1-6(2)7(10)8(12)11-9(3,4)5/h6-13,16,21-22H,14-15H2,1-5H3,(H,26,28);6-7H,10H2,1-5H3,(H,11,12)/t21-;7-/m00/s1. The Bertz CT molecular complexity index is 1150. The smallest absolute Gasteiger partial charge is 0.306 e. The van der Waals surface area contributed by atoms with Crippen molar-refractivity contribution in [1.29, 1.82) is 0 Å². The molecular weight excluding hydrogens is 514 g/mol. The van der Waals surface area contributed by atoms with Gasteiger partial charge in [-0.2, -0.15) is 0 Å².